The topological polar surface area (TPSA) is 54.4 Å². The maximum atomic E-state index is 10.0. The molecule has 0 bridgehead atoms. The van der Waals surface area contributed by atoms with E-state index < -0.39 is 0 Å². The third kappa shape index (κ3) is 3.85. The molecule has 0 aliphatic heterocycles. The molecule has 0 fully saturated rings. The molecule has 0 spiro atoms. The summed E-state index contributed by atoms with van der Waals surface area (Å²) in [6.45, 7) is 2.51. The van der Waals surface area contributed by atoms with Crippen molar-refractivity contribution in [1.82, 2.24) is 4.98 Å². The van der Waals surface area contributed by atoms with Gasteiger partial charge in [0.2, 0.25) is 0 Å². The fraction of sp³-hybridized carbons (Fsp3) is 0.0870. The largest absolute Gasteiger partial charge is 0.507 e. The number of hydrogen-bond acceptors (Lipinski definition) is 4. The second kappa shape index (κ2) is 7.38. The second-order valence-electron chi connectivity index (χ2n) is 6.42. The molecule has 0 atom stereocenters. The lowest BCUT2D eigenvalue weighted by Gasteiger charge is -2.11. The van der Waals surface area contributed by atoms with Gasteiger partial charge in [-0.05, 0) is 60.5 Å². The predicted octanol–water partition coefficient (Wildman–Crippen LogP) is 5.57. The summed E-state index contributed by atoms with van der Waals surface area (Å²) in [5.74, 6) is 1.81. The van der Waals surface area contributed by atoms with Crippen molar-refractivity contribution in [2.75, 3.05) is 5.32 Å². The highest BCUT2D eigenvalue weighted by atomic mass is 16.5. The zero-order chi connectivity index (χ0) is 18.6. The molecule has 134 valence electrons. The summed E-state index contributed by atoms with van der Waals surface area (Å²) in [5, 5.41) is 14.1. The molecular weight excluding hydrogens is 336 g/mol. The molecule has 4 aromatic rings. The van der Waals surface area contributed by atoms with Gasteiger partial charge in [0, 0.05) is 11.1 Å². The van der Waals surface area contributed by atoms with Crippen molar-refractivity contribution in [3.63, 3.8) is 0 Å². The van der Waals surface area contributed by atoms with Crippen LogP contribution >= 0.6 is 0 Å². The van der Waals surface area contributed by atoms with Gasteiger partial charge in [-0.2, -0.15) is 0 Å². The normalized spacial score (nSPS) is 10.7. The minimum atomic E-state index is 0.254. The van der Waals surface area contributed by atoms with Crippen LogP contribution in [0.5, 0.6) is 11.5 Å². The van der Waals surface area contributed by atoms with Gasteiger partial charge in [0.15, 0.2) is 0 Å². The molecule has 4 heteroatoms. The summed E-state index contributed by atoms with van der Waals surface area (Å²) in [7, 11) is 0. The van der Waals surface area contributed by atoms with Crippen molar-refractivity contribution in [2.24, 2.45) is 0 Å². The summed E-state index contributed by atoms with van der Waals surface area (Å²) >= 11 is 0. The van der Waals surface area contributed by atoms with Crippen LogP contribution in [-0.2, 0) is 6.61 Å². The lowest BCUT2D eigenvalue weighted by atomic mass is 10.1. The van der Waals surface area contributed by atoms with Crippen LogP contribution in [0.15, 0.2) is 78.9 Å². The maximum Gasteiger partial charge on any atom is 0.131 e. The minimum absolute atomic E-state index is 0.254. The van der Waals surface area contributed by atoms with Crippen molar-refractivity contribution in [1.29, 1.82) is 0 Å². The van der Waals surface area contributed by atoms with Crippen LogP contribution in [0.4, 0.5) is 11.5 Å². The first-order chi connectivity index (χ1) is 13.2. The van der Waals surface area contributed by atoms with Gasteiger partial charge in [-0.1, -0.05) is 36.4 Å². The Labute approximate surface area is 158 Å². The monoisotopic (exact) mass is 356 g/mol. The predicted molar refractivity (Wildman–Crippen MR) is 109 cm³/mol. The summed E-state index contributed by atoms with van der Waals surface area (Å²) in [6.07, 6.45) is 0. The van der Waals surface area contributed by atoms with Crippen LogP contribution in [-0.4, -0.2) is 10.1 Å². The highest BCUT2D eigenvalue weighted by Gasteiger charge is 2.07. The molecule has 4 rings (SSSR count). The van der Waals surface area contributed by atoms with E-state index in [1.54, 1.807) is 12.1 Å². The van der Waals surface area contributed by atoms with Gasteiger partial charge in [0.05, 0.1) is 5.52 Å². The van der Waals surface area contributed by atoms with Crippen LogP contribution in [0, 0.1) is 6.92 Å². The Kier molecular flexibility index (Phi) is 4.62. The first-order valence-electron chi connectivity index (χ1n) is 8.82. The third-order valence-electron chi connectivity index (χ3n) is 4.38. The van der Waals surface area contributed by atoms with Crippen LogP contribution in [0.25, 0.3) is 10.9 Å². The molecule has 0 saturated heterocycles. The number of aromatic hydroxyl groups is 1. The molecule has 1 heterocycles. The number of nitrogens with one attached hydrogen (secondary N) is 1. The molecule has 3 aromatic carbocycles. The zero-order valence-corrected chi connectivity index (χ0v) is 15.0. The highest BCUT2D eigenvalue weighted by molar-refractivity contribution is 5.89. The molecule has 0 radical (unpaired) electrons. The van der Waals surface area contributed by atoms with Gasteiger partial charge in [0.25, 0.3) is 0 Å². The fourth-order valence-electron chi connectivity index (χ4n) is 3.05. The van der Waals surface area contributed by atoms with Gasteiger partial charge in [-0.3, -0.25) is 0 Å². The zero-order valence-electron chi connectivity index (χ0n) is 15.0. The van der Waals surface area contributed by atoms with Crippen LogP contribution in [0.1, 0.15) is 11.1 Å². The summed E-state index contributed by atoms with van der Waals surface area (Å²) in [4.78, 5) is 4.59. The Hall–Kier alpha value is -3.53. The number of ether oxygens (including phenoxy) is 1. The molecule has 27 heavy (non-hydrogen) atoms. The number of nitrogens with zero attached hydrogens (tertiary/aromatic N) is 1. The van der Waals surface area contributed by atoms with E-state index in [9.17, 15) is 5.11 Å². The Morgan fingerprint density at radius 1 is 0.926 bits per heavy atom. The van der Waals surface area contributed by atoms with Crippen LogP contribution < -0.4 is 10.1 Å². The van der Waals surface area contributed by atoms with Crippen molar-refractivity contribution in [3.8, 4) is 11.5 Å². The number of phenolic OH excluding ortho intramolecular Hbond substituents is 1. The third-order valence-corrected chi connectivity index (χ3v) is 4.38. The molecular formula is C23H20N2O2. The number of hydrogen-bond donors (Lipinski definition) is 2. The van der Waals surface area contributed by atoms with E-state index in [1.807, 2.05) is 73.7 Å². The number of phenols is 1. The number of aromatic nitrogens is 1. The molecule has 0 aliphatic rings. The van der Waals surface area contributed by atoms with Crippen molar-refractivity contribution >= 4 is 22.4 Å². The Morgan fingerprint density at radius 3 is 2.48 bits per heavy atom. The number of rotatable bonds is 5. The SMILES string of the molecule is Cc1cc(Nc2ccc(OCc3ccccc3)cc2)nc2cccc(O)c12. The lowest BCUT2D eigenvalue weighted by molar-refractivity contribution is 0.306. The number of fused-ring (bicyclic) bond motifs is 1. The van der Waals surface area contributed by atoms with Gasteiger partial charge >= 0.3 is 0 Å². The summed E-state index contributed by atoms with van der Waals surface area (Å²) < 4.78 is 5.82. The van der Waals surface area contributed by atoms with E-state index >= 15 is 0 Å². The first-order valence-corrected chi connectivity index (χ1v) is 8.82. The molecule has 4 nitrogen and oxygen atoms in total. The molecule has 1 aromatic heterocycles. The van der Waals surface area contributed by atoms with Crippen LogP contribution in [0.2, 0.25) is 0 Å². The average molecular weight is 356 g/mol. The van der Waals surface area contributed by atoms with E-state index in [-0.39, 0.29) is 5.75 Å². The Bertz CT molecular complexity index is 1060. The standard InChI is InChI=1S/C23H20N2O2/c1-16-14-22(25-20-8-5-9-21(26)23(16)20)24-18-10-12-19(13-11-18)27-15-17-6-3-2-4-7-17/h2-14,26H,15H2,1H3,(H,24,25). The molecule has 2 N–H and O–H groups in total. The van der Waals surface area contributed by atoms with E-state index in [0.29, 0.717) is 6.61 Å². The second-order valence-corrected chi connectivity index (χ2v) is 6.42. The summed E-state index contributed by atoms with van der Waals surface area (Å²) in [5.41, 5.74) is 3.80. The average Bonchev–Trinajstić information content (AvgIpc) is 2.68. The van der Waals surface area contributed by atoms with E-state index in [2.05, 4.69) is 10.3 Å². The lowest BCUT2D eigenvalue weighted by Crippen LogP contribution is -1.97. The number of aryl methyl sites for hydroxylation is 1. The smallest absolute Gasteiger partial charge is 0.131 e. The van der Waals surface area contributed by atoms with E-state index in [4.69, 9.17) is 4.74 Å². The van der Waals surface area contributed by atoms with Gasteiger partial charge in [0.1, 0.15) is 23.9 Å². The van der Waals surface area contributed by atoms with Gasteiger partial charge < -0.3 is 15.2 Å². The highest BCUT2D eigenvalue weighted by Crippen LogP contribution is 2.29. The van der Waals surface area contributed by atoms with E-state index in [1.165, 1.54) is 0 Å². The quantitative estimate of drug-likeness (QED) is 0.491. The summed E-state index contributed by atoms with van der Waals surface area (Å²) in [6, 6.07) is 25.2. The van der Waals surface area contributed by atoms with Crippen molar-refractivity contribution < 1.29 is 9.84 Å². The Morgan fingerprint density at radius 2 is 1.70 bits per heavy atom. The van der Waals surface area contributed by atoms with Crippen molar-refractivity contribution in [3.05, 3.63) is 90.0 Å². The molecule has 0 aliphatic carbocycles. The molecule has 0 amide bonds. The van der Waals surface area contributed by atoms with Crippen molar-refractivity contribution in [2.45, 2.75) is 13.5 Å². The number of benzene rings is 3. The number of anilines is 2. The molecule has 0 saturated carbocycles. The van der Waals surface area contributed by atoms with Gasteiger partial charge in [-0.15, -0.1) is 0 Å². The van der Waals surface area contributed by atoms with Gasteiger partial charge in [-0.25, -0.2) is 4.98 Å². The molecule has 0 unspecified atom stereocenters. The first kappa shape index (κ1) is 16.9. The maximum absolute atomic E-state index is 10.0. The Balaban J connectivity index is 1.48. The van der Waals surface area contributed by atoms with E-state index in [0.717, 1.165) is 39.3 Å². The van der Waals surface area contributed by atoms with Crippen LogP contribution in [0.3, 0.4) is 0 Å². The minimum Gasteiger partial charge on any atom is -0.507 e. The fourth-order valence-corrected chi connectivity index (χ4v) is 3.05. The number of pyridine rings is 1.